The number of alkyl halides is 3. The zero-order valence-corrected chi connectivity index (χ0v) is 21.7. The van der Waals surface area contributed by atoms with Crippen molar-refractivity contribution in [1.29, 1.82) is 0 Å². The number of carbonyl (C=O) groups excluding carboxylic acids is 1. The maximum absolute atomic E-state index is 14.4. The van der Waals surface area contributed by atoms with Crippen LogP contribution in [0.4, 0.5) is 22.0 Å². The van der Waals surface area contributed by atoms with Gasteiger partial charge in [-0.15, -0.1) is 0 Å². The molecule has 0 saturated heterocycles. The number of rotatable bonds is 7. The molecule has 39 heavy (non-hydrogen) atoms. The molecule has 0 fully saturated rings. The first-order valence-electron chi connectivity index (χ1n) is 12.3. The van der Waals surface area contributed by atoms with Gasteiger partial charge >= 0.3 is 6.18 Å². The van der Waals surface area contributed by atoms with E-state index in [-0.39, 0.29) is 23.1 Å². The van der Waals surface area contributed by atoms with Crippen LogP contribution in [0.1, 0.15) is 69.7 Å². The number of nitrogens with zero attached hydrogens (tertiary/aromatic N) is 3. The van der Waals surface area contributed by atoms with Crippen LogP contribution in [-0.4, -0.2) is 19.9 Å². The second kappa shape index (κ2) is 10.6. The summed E-state index contributed by atoms with van der Waals surface area (Å²) >= 11 is 0. The number of pyridine rings is 1. The third-order valence-corrected chi connectivity index (χ3v) is 6.65. The zero-order chi connectivity index (χ0) is 28.6. The van der Waals surface area contributed by atoms with E-state index in [9.17, 15) is 31.5 Å². The number of benzene rings is 2. The van der Waals surface area contributed by atoms with Crippen LogP contribution in [0.3, 0.4) is 0 Å². The summed E-state index contributed by atoms with van der Waals surface area (Å²) in [5, 5.41) is 0. The summed E-state index contributed by atoms with van der Waals surface area (Å²) in [7, 11) is 0. The van der Waals surface area contributed by atoms with Crippen molar-refractivity contribution in [1.82, 2.24) is 14.1 Å². The Balaban J connectivity index is 1.87. The summed E-state index contributed by atoms with van der Waals surface area (Å²) < 4.78 is 73.1. The van der Waals surface area contributed by atoms with Crippen molar-refractivity contribution in [2.24, 2.45) is 0 Å². The Hall–Kier alpha value is -4.08. The highest BCUT2D eigenvalue weighted by Crippen LogP contribution is 2.32. The van der Waals surface area contributed by atoms with Crippen LogP contribution >= 0.6 is 0 Å². The molecule has 10 heteroatoms. The summed E-state index contributed by atoms with van der Waals surface area (Å²) in [5.74, 6) is -2.66. The number of hydrogen-bond donors (Lipinski definition) is 0. The number of ketones is 1. The molecule has 2 aromatic carbocycles. The topological polar surface area (TPSA) is 56.9 Å². The number of carbonyl (C=O) groups is 1. The lowest BCUT2D eigenvalue weighted by Crippen LogP contribution is -2.32. The first-order chi connectivity index (χ1) is 18.3. The average molecular weight is 544 g/mol. The second-order valence-corrected chi connectivity index (χ2v) is 9.52. The first-order valence-corrected chi connectivity index (χ1v) is 12.3. The standard InChI is InChI=1S/C29H26F5N3O2/c1-5-6-26(20-10-23(30)18(4)24(31)11-20)37-14-21(29(32,33)34)12-22(28(37)39)27(38)19-7-8-25(16(2)9-19)36-13-17(3)35-15-36/h7-15,26H,5-6H2,1-4H3. The van der Waals surface area contributed by atoms with Gasteiger partial charge in [0.05, 0.1) is 29.2 Å². The fourth-order valence-electron chi connectivity index (χ4n) is 4.54. The van der Waals surface area contributed by atoms with Crippen molar-refractivity contribution >= 4 is 5.78 Å². The molecule has 2 aromatic heterocycles. The summed E-state index contributed by atoms with van der Waals surface area (Å²) in [5.41, 5.74) is -1.00. The SMILES string of the molecule is CCCC(c1cc(F)c(C)c(F)c1)n1cc(C(F)(F)F)cc(C(=O)c2ccc(-n3cnc(C)c3)c(C)c2)c1=O. The van der Waals surface area contributed by atoms with Gasteiger partial charge in [0.1, 0.15) is 11.6 Å². The monoisotopic (exact) mass is 543 g/mol. The molecule has 4 rings (SSSR count). The molecular weight excluding hydrogens is 517 g/mol. The van der Waals surface area contributed by atoms with Gasteiger partial charge in [0, 0.05) is 29.2 Å². The highest BCUT2D eigenvalue weighted by atomic mass is 19.4. The van der Waals surface area contributed by atoms with Crippen LogP contribution in [0.25, 0.3) is 5.69 Å². The van der Waals surface area contributed by atoms with E-state index >= 15 is 0 Å². The molecule has 1 unspecified atom stereocenters. The van der Waals surface area contributed by atoms with E-state index in [0.717, 1.165) is 22.4 Å². The quantitative estimate of drug-likeness (QED) is 0.189. The van der Waals surface area contributed by atoms with Crippen molar-refractivity contribution in [2.45, 2.75) is 52.8 Å². The lowest BCUT2D eigenvalue weighted by Gasteiger charge is -2.23. The van der Waals surface area contributed by atoms with Gasteiger partial charge < -0.3 is 9.13 Å². The van der Waals surface area contributed by atoms with Gasteiger partial charge in [0.2, 0.25) is 0 Å². The fourth-order valence-corrected chi connectivity index (χ4v) is 4.54. The van der Waals surface area contributed by atoms with E-state index in [1.54, 1.807) is 37.0 Å². The molecule has 0 bridgehead atoms. The van der Waals surface area contributed by atoms with Crippen LogP contribution in [0.5, 0.6) is 0 Å². The average Bonchev–Trinajstić information content (AvgIpc) is 3.30. The van der Waals surface area contributed by atoms with E-state index in [1.165, 1.54) is 19.1 Å². The smallest absolute Gasteiger partial charge is 0.307 e. The molecule has 0 saturated carbocycles. The van der Waals surface area contributed by atoms with E-state index in [0.29, 0.717) is 29.9 Å². The van der Waals surface area contributed by atoms with Crippen LogP contribution in [0.15, 0.2) is 59.9 Å². The number of aryl methyl sites for hydroxylation is 2. The van der Waals surface area contributed by atoms with Gasteiger partial charge in [-0.3, -0.25) is 9.59 Å². The Kier molecular flexibility index (Phi) is 7.59. The van der Waals surface area contributed by atoms with E-state index in [2.05, 4.69) is 4.98 Å². The number of halogens is 5. The van der Waals surface area contributed by atoms with Crippen molar-refractivity contribution in [3.8, 4) is 5.69 Å². The van der Waals surface area contributed by atoms with Gasteiger partial charge in [-0.05, 0) is 74.7 Å². The fraction of sp³-hybridized carbons (Fsp3) is 0.276. The van der Waals surface area contributed by atoms with E-state index < -0.39 is 46.3 Å². The molecule has 0 N–H and O–H groups in total. The third-order valence-electron chi connectivity index (χ3n) is 6.65. The van der Waals surface area contributed by atoms with Crippen molar-refractivity contribution in [3.05, 3.63) is 116 Å². The molecule has 1 atom stereocenters. The summed E-state index contributed by atoms with van der Waals surface area (Å²) in [6.07, 6.45) is -0.416. The summed E-state index contributed by atoms with van der Waals surface area (Å²) in [6, 6.07) is 5.95. The minimum atomic E-state index is -4.88. The Morgan fingerprint density at radius 2 is 1.67 bits per heavy atom. The highest BCUT2D eigenvalue weighted by molar-refractivity contribution is 6.09. The molecular formula is C29H26F5N3O2. The van der Waals surface area contributed by atoms with Gasteiger partial charge in [0.25, 0.3) is 5.56 Å². The molecule has 0 amide bonds. The molecule has 0 aliphatic rings. The Morgan fingerprint density at radius 1 is 1.00 bits per heavy atom. The predicted molar refractivity (Wildman–Crippen MR) is 136 cm³/mol. The molecule has 2 heterocycles. The van der Waals surface area contributed by atoms with Gasteiger partial charge in [-0.25, -0.2) is 13.8 Å². The molecule has 5 nitrogen and oxygen atoms in total. The largest absolute Gasteiger partial charge is 0.417 e. The summed E-state index contributed by atoms with van der Waals surface area (Å²) in [4.78, 5) is 31.2. The van der Waals surface area contributed by atoms with Crippen molar-refractivity contribution < 1.29 is 26.7 Å². The highest BCUT2D eigenvalue weighted by Gasteiger charge is 2.34. The maximum Gasteiger partial charge on any atom is 0.417 e. The molecule has 204 valence electrons. The minimum absolute atomic E-state index is 0.00639. The Bertz CT molecular complexity index is 1600. The van der Waals surface area contributed by atoms with Crippen LogP contribution < -0.4 is 5.56 Å². The number of hydrogen-bond acceptors (Lipinski definition) is 3. The number of imidazole rings is 1. The third kappa shape index (κ3) is 5.55. The van der Waals surface area contributed by atoms with E-state index in [1.807, 2.05) is 6.92 Å². The van der Waals surface area contributed by atoms with Crippen molar-refractivity contribution in [3.63, 3.8) is 0 Å². The molecule has 0 spiro atoms. The predicted octanol–water partition coefficient (Wildman–Crippen LogP) is 6.88. The van der Waals surface area contributed by atoms with Crippen molar-refractivity contribution in [2.75, 3.05) is 0 Å². The second-order valence-electron chi connectivity index (χ2n) is 9.52. The van der Waals surface area contributed by atoms with Crippen LogP contribution in [0.2, 0.25) is 0 Å². The maximum atomic E-state index is 14.4. The molecule has 4 aromatic rings. The number of aromatic nitrogens is 3. The minimum Gasteiger partial charge on any atom is -0.307 e. The van der Waals surface area contributed by atoms with Crippen LogP contribution in [0, 0.1) is 32.4 Å². The van der Waals surface area contributed by atoms with Gasteiger partial charge in [0.15, 0.2) is 5.78 Å². The van der Waals surface area contributed by atoms with E-state index in [4.69, 9.17) is 0 Å². The van der Waals surface area contributed by atoms with Gasteiger partial charge in [-0.1, -0.05) is 13.3 Å². The summed E-state index contributed by atoms with van der Waals surface area (Å²) in [6.45, 7) is 6.50. The van der Waals surface area contributed by atoms with Gasteiger partial charge in [-0.2, -0.15) is 13.2 Å². The first kappa shape index (κ1) is 27.9. The van der Waals surface area contributed by atoms with Crippen LogP contribution in [-0.2, 0) is 6.18 Å². The Labute approximate surface area is 221 Å². The molecule has 0 aliphatic carbocycles. The zero-order valence-electron chi connectivity index (χ0n) is 21.7. The lowest BCUT2D eigenvalue weighted by atomic mass is 9.97. The Morgan fingerprint density at radius 3 is 2.21 bits per heavy atom. The normalized spacial score (nSPS) is 12.5. The molecule has 0 aliphatic heterocycles. The molecule has 0 radical (unpaired) electrons. The lowest BCUT2D eigenvalue weighted by molar-refractivity contribution is -0.138.